The van der Waals surface area contributed by atoms with E-state index in [0.29, 0.717) is 0 Å². The molecule has 0 heterocycles. The van der Waals surface area contributed by atoms with Crippen molar-refractivity contribution in [2.24, 2.45) is 5.41 Å². The lowest BCUT2D eigenvalue weighted by Crippen LogP contribution is -2.21. The normalized spacial score (nSPS) is 12.9. The third-order valence-corrected chi connectivity index (χ3v) is 3.19. The van der Waals surface area contributed by atoms with Crippen molar-refractivity contribution in [3.05, 3.63) is 33.5 Å². The molecule has 0 aromatic heterocycles. The fraction of sp³-hybridized carbons (Fsp3) is 0.500. The van der Waals surface area contributed by atoms with Crippen molar-refractivity contribution in [3.8, 4) is 0 Å². The Morgan fingerprint density at radius 2 is 1.78 bits per heavy atom. The van der Waals surface area contributed by atoms with Crippen LogP contribution >= 0.6 is 15.9 Å². The van der Waals surface area contributed by atoms with Crippen molar-refractivity contribution in [1.29, 1.82) is 0 Å². The molecule has 1 N–H and O–H groups in total. The van der Waals surface area contributed by atoms with Gasteiger partial charge in [-0.1, -0.05) is 29.8 Å². The zero-order valence-electron chi connectivity index (χ0n) is 9.91. The highest BCUT2D eigenvalue weighted by atomic mass is 79.9. The largest absolute Gasteiger partial charge is 0.417 e. The first-order valence-corrected chi connectivity index (χ1v) is 6.02. The quantitative estimate of drug-likeness (QED) is 0.826. The van der Waals surface area contributed by atoms with Gasteiger partial charge in [-0.25, -0.2) is 4.39 Å². The minimum absolute atomic E-state index is 0.0334. The number of alkyl halides is 3. The number of aliphatic hydroxyl groups is 1. The highest BCUT2D eigenvalue weighted by Crippen LogP contribution is 2.37. The number of hydrogen-bond donors (Lipinski definition) is 1. The number of benzene rings is 1. The van der Waals surface area contributed by atoms with Crippen molar-refractivity contribution in [2.75, 3.05) is 6.61 Å². The lowest BCUT2D eigenvalue weighted by Gasteiger charge is -2.22. The molecule has 1 rings (SSSR count). The Hall–Kier alpha value is -0.620. The van der Waals surface area contributed by atoms with E-state index in [0.717, 1.165) is 12.1 Å². The molecule has 0 fully saturated rings. The first-order chi connectivity index (χ1) is 8.07. The Bertz CT molecular complexity index is 440. The van der Waals surface area contributed by atoms with Gasteiger partial charge >= 0.3 is 6.18 Å². The lowest BCUT2D eigenvalue weighted by molar-refractivity contribution is -0.138. The van der Waals surface area contributed by atoms with E-state index in [9.17, 15) is 17.6 Å². The van der Waals surface area contributed by atoms with Gasteiger partial charge in [0.25, 0.3) is 0 Å². The van der Waals surface area contributed by atoms with E-state index in [1.807, 2.05) is 0 Å². The molecule has 0 saturated carbocycles. The van der Waals surface area contributed by atoms with Gasteiger partial charge in [0.15, 0.2) is 0 Å². The minimum atomic E-state index is -4.54. The molecule has 0 bridgehead atoms. The van der Waals surface area contributed by atoms with Crippen LogP contribution in [0.15, 0.2) is 16.6 Å². The molecule has 0 unspecified atom stereocenters. The van der Waals surface area contributed by atoms with Crippen LogP contribution < -0.4 is 0 Å². The van der Waals surface area contributed by atoms with Gasteiger partial charge in [0.05, 0.1) is 5.56 Å². The minimum Gasteiger partial charge on any atom is -0.396 e. The zero-order valence-corrected chi connectivity index (χ0v) is 11.5. The summed E-state index contributed by atoms with van der Waals surface area (Å²) in [7, 11) is 0. The summed E-state index contributed by atoms with van der Waals surface area (Å²) in [5, 5.41) is 9.08. The first-order valence-electron chi connectivity index (χ1n) is 5.23. The maximum absolute atomic E-state index is 13.6. The average Bonchev–Trinajstić information content (AvgIpc) is 2.20. The molecular formula is C12H13BrF4O. The summed E-state index contributed by atoms with van der Waals surface area (Å²) in [5.41, 5.74) is -1.63. The molecule has 1 aromatic rings. The molecule has 0 aliphatic carbocycles. The van der Waals surface area contributed by atoms with E-state index < -0.39 is 23.0 Å². The summed E-state index contributed by atoms with van der Waals surface area (Å²) in [4.78, 5) is 0. The SMILES string of the molecule is CC(C)(CO)Cc1cc(C(F)(F)F)c(Br)cc1F. The summed E-state index contributed by atoms with van der Waals surface area (Å²) >= 11 is 2.70. The van der Waals surface area contributed by atoms with Crippen LogP contribution in [0.3, 0.4) is 0 Å². The Morgan fingerprint density at radius 1 is 1.22 bits per heavy atom. The molecular weight excluding hydrogens is 316 g/mol. The maximum atomic E-state index is 13.6. The van der Waals surface area contributed by atoms with Crippen LogP contribution in [0.2, 0.25) is 0 Å². The van der Waals surface area contributed by atoms with Crippen LogP contribution in [0.25, 0.3) is 0 Å². The van der Waals surface area contributed by atoms with Crippen LogP contribution in [-0.4, -0.2) is 11.7 Å². The zero-order chi connectivity index (χ0) is 14.1. The molecule has 0 radical (unpaired) electrons. The van der Waals surface area contributed by atoms with Gasteiger partial charge in [-0.15, -0.1) is 0 Å². The van der Waals surface area contributed by atoms with Crippen molar-refractivity contribution >= 4 is 15.9 Å². The van der Waals surface area contributed by atoms with E-state index >= 15 is 0 Å². The fourth-order valence-corrected chi connectivity index (χ4v) is 2.06. The van der Waals surface area contributed by atoms with Crippen molar-refractivity contribution in [3.63, 3.8) is 0 Å². The Labute approximate surface area is 111 Å². The first kappa shape index (κ1) is 15.4. The van der Waals surface area contributed by atoms with Crippen LogP contribution in [0, 0.1) is 11.2 Å². The van der Waals surface area contributed by atoms with Gasteiger partial charge in [-0.3, -0.25) is 0 Å². The number of rotatable bonds is 3. The standard InChI is InChI=1S/C12H13BrF4O/c1-11(2,6-18)5-7-3-8(12(15,16)17)9(13)4-10(7)14/h3-4,18H,5-6H2,1-2H3. The van der Waals surface area contributed by atoms with Gasteiger partial charge in [0.2, 0.25) is 0 Å². The number of halogens is 5. The maximum Gasteiger partial charge on any atom is 0.417 e. The average molecular weight is 329 g/mol. The summed E-state index contributed by atoms with van der Waals surface area (Å²) in [6.07, 6.45) is -4.50. The summed E-state index contributed by atoms with van der Waals surface area (Å²) in [5.74, 6) is -0.712. The second-order valence-electron chi connectivity index (χ2n) is 4.92. The van der Waals surface area contributed by atoms with Crippen molar-refractivity contribution < 1.29 is 22.7 Å². The van der Waals surface area contributed by atoms with Gasteiger partial charge < -0.3 is 5.11 Å². The summed E-state index contributed by atoms with van der Waals surface area (Å²) < 4.78 is 51.3. The van der Waals surface area contributed by atoms with E-state index in [4.69, 9.17) is 5.11 Å². The van der Waals surface area contributed by atoms with Gasteiger partial charge in [0.1, 0.15) is 5.82 Å². The van der Waals surface area contributed by atoms with Crippen LogP contribution in [0.1, 0.15) is 25.0 Å². The van der Waals surface area contributed by atoms with E-state index in [-0.39, 0.29) is 23.1 Å². The molecule has 0 atom stereocenters. The molecule has 1 aromatic carbocycles. The van der Waals surface area contributed by atoms with E-state index in [1.54, 1.807) is 13.8 Å². The monoisotopic (exact) mass is 328 g/mol. The predicted octanol–water partition coefficient (Wildman–Crippen LogP) is 4.17. The second-order valence-corrected chi connectivity index (χ2v) is 5.77. The molecule has 0 spiro atoms. The molecule has 1 nitrogen and oxygen atoms in total. The molecule has 18 heavy (non-hydrogen) atoms. The summed E-state index contributed by atoms with van der Waals surface area (Å²) in [6, 6.07) is 1.60. The Kier molecular flexibility index (Phi) is 4.43. The topological polar surface area (TPSA) is 20.2 Å². The molecule has 0 aliphatic rings. The van der Waals surface area contributed by atoms with Gasteiger partial charge in [0, 0.05) is 11.1 Å². The Morgan fingerprint density at radius 3 is 2.22 bits per heavy atom. The number of aliphatic hydroxyl groups excluding tert-OH is 1. The fourth-order valence-electron chi connectivity index (χ4n) is 1.52. The molecule has 6 heteroatoms. The van der Waals surface area contributed by atoms with Crippen molar-refractivity contribution in [2.45, 2.75) is 26.4 Å². The van der Waals surface area contributed by atoms with E-state index in [2.05, 4.69) is 15.9 Å². The van der Waals surface area contributed by atoms with E-state index in [1.165, 1.54) is 0 Å². The lowest BCUT2D eigenvalue weighted by atomic mass is 9.86. The van der Waals surface area contributed by atoms with Crippen LogP contribution in [-0.2, 0) is 12.6 Å². The van der Waals surface area contributed by atoms with Crippen LogP contribution in [0.4, 0.5) is 17.6 Å². The van der Waals surface area contributed by atoms with Gasteiger partial charge in [-0.2, -0.15) is 13.2 Å². The van der Waals surface area contributed by atoms with Crippen molar-refractivity contribution in [1.82, 2.24) is 0 Å². The molecule has 0 amide bonds. The highest BCUT2D eigenvalue weighted by Gasteiger charge is 2.34. The van der Waals surface area contributed by atoms with Crippen LogP contribution in [0.5, 0.6) is 0 Å². The third-order valence-electron chi connectivity index (χ3n) is 2.54. The molecule has 0 saturated heterocycles. The highest BCUT2D eigenvalue weighted by molar-refractivity contribution is 9.10. The number of hydrogen-bond acceptors (Lipinski definition) is 1. The Balaban J connectivity index is 3.22. The third kappa shape index (κ3) is 3.68. The smallest absolute Gasteiger partial charge is 0.396 e. The molecule has 0 aliphatic heterocycles. The predicted molar refractivity (Wildman–Crippen MR) is 63.7 cm³/mol. The second kappa shape index (κ2) is 5.17. The summed E-state index contributed by atoms with van der Waals surface area (Å²) in [6.45, 7) is 3.08. The molecule has 102 valence electrons. The van der Waals surface area contributed by atoms with Gasteiger partial charge in [-0.05, 0) is 29.5 Å².